The quantitative estimate of drug-likeness (QED) is 0.176. The Bertz CT molecular complexity index is 3700. The number of para-hydroxylation sites is 8. The van der Waals surface area contributed by atoms with Gasteiger partial charge in [0, 0.05) is 60.0 Å². The van der Waals surface area contributed by atoms with Gasteiger partial charge in [0.15, 0.2) is 0 Å². The molecular weight excluding hydrogens is 707 g/mol. The molecule has 0 amide bonds. The van der Waals surface area contributed by atoms with E-state index < -0.39 is 0 Å². The molecule has 0 bridgehead atoms. The molecule has 0 spiro atoms. The lowest BCUT2D eigenvalue weighted by Gasteiger charge is -2.28. The van der Waals surface area contributed by atoms with E-state index >= 15 is 0 Å². The number of rotatable bonds is 5. The Morgan fingerprint density at radius 1 is 0.362 bits per heavy atom. The lowest BCUT2D eigenvalue weighted by Crippen LogP contribution is -2.13. The third-order valence-corrected chi connectivity index (χ3v) is 12.2. The second-order valence-corrected chi connectivity index (χ2v) is 15.3. The third kappa shape index (κ3) is 4.29. The number of fused-ring (bicyclic) bond motifs is 12. The molecule has 0 unspecified atom stereocenters. The van der Waals surface area contributed by atoms with Crippen molar-refractivity contribution in [3.8, 4) is 16.8 Å². The number of aromatic nitrogens is 2. The number of furan rings is 1. The van der Waals surface area contributed by atoms with Gasteiger partial charge in [0.25, 0.3) is 0 Å². The van der Waals surface area contributed by atoms with Gasteiger partial charge in [-0.2, -0.15) is 0 Å². The van der Waals surface area contributed by atoms with Crippen molar-refractivity contribution in [2.75, 3.05) is 4.90 Å². The summed E-state index contributed by atoms with van der Waals surface area (Å²) >= 11 is 0. The van der Waals surface area contributed by atoms with Crippen molar-refractivity contribution < 1.29 is 4.42 Å². The van der Waals surface area contributed by atoms with Crippen LogP contribution in [0.15, 0.2) is 205 Å². The average molecular weight is 740 g/mol. The first-order valence-electron chi connectivity index (χ1n) is 19.9. The van der Waals surface area contributed by atoms with E-state index in [0.717, 1.165) is 44.7 Å². The highest BCUT2D eigenvalue weighted by Crippen LogP contribution is 2.46. The fraction of sp³-hybridized carbons (Fsp3) is 0. The molecule has 0 aliphatic rings. The van der Waals surface area contributed by atoms with E-state index in [0.29, 0.717) is 0 Å². The van der Waals surface area contributed by atoms with Gasteiger partial charge >= 0.3 is 0 Å². The van der Waals surface area contributed by atoms with Crippen LogP contribution >= 0.6 is 0 Å². The Morgan fingerprint density at radius 2 is 0.897 bits per heavy atom. The van der Waals surface area contributed by atoms with Gasteiger partial charge < -0.3 is 18.3 Å². The van der Waals surface area contributed by atoms with Gasteiger partial charge in [0.1, 0.15) is 11.2 Å². The van der Waals surface area contributed by atoms with Crippen LogP contribution in [0, 0.1) is 0 Å². The van der Waals surface area contributed by atoms with Gasteiger partial charge in [-0.25, -0.2) is 0 Å². The van der Waals surface area contributed by atoms with Crippen molar-refractivity contribution in [1.82, 2.24) is 8.97 Å². The van der Waals surface area contributed by atoms with Gasteiger partial charge in [0.2, 0.25) is 0 Å². The summed E-state index contributed by atoms with van der Waals surface area (Å²) in [6, 6.07) is 72.5. The molecule has 0 saturated heterocycles. The number of hydrogen-bond donors (Lipinski definition) is 0. The Kier molecular flexibility index (Phi) is 6.41. The van der Waals surface area contributed by atoms with E-state index in [4.69, 9.17) is 4.42 Å². The van der Waals surface area contributed by atoms with E-state index in [1.165, 1.54) is 71.0 Å². The summed E-state index contributed by atoms with van der Waals surface area (Å²) in [7, 11) is 0. The molecule has 13 aromatic rings. The maximum atomic E-state index is 6.32. The Balaban J connectivity index is 1.05. The summed E-state index contributed by atoms with van der Waals surface area (Å²) in [6.45, 7) is 0. The molecule has 4 heteroatoms. The van der Waals surface area contributed by atoms with E-state index in [9.17, 15) is 0 Å². The van der Waals surface area contributed by atoms with Crippen LogP contribution in [0.4, 0.5) is 17.1 Å². The minimum Gasteiger partial charge on any atom is -0.456 e. The van der Waals surface area contributed by atoms with Crippen LogP contribution in [-0.2, 0) is 0 Å². The van der Waals surface area contributed by atoms with Crippen LogP contribution in [0.2, 0.25) is 0 Å². The van der Waals surface area contributed by atoms with Crippen molar-refractivity contribution in [2.24, 2.45) is 0 Å². The fourth-order valence-electron chi connectivity index (χ4n) is 9.80. The van der Waals surface area contributed by atoms with Gasteiger partial charge in [-0.1, -0.05) is 133 Å². The average Bonchev–Trinajstić information content (AvgIpc) is 4.03. The van der Waals surface area contributed by atoms with Gasteiger partial charge in [-0.05, 0) is 72.3 Å². The van der Waals surface area contributed by atoms with Crippen molar-refractivity contribution in [1.29, 1.82) is 0 Å². The predicted molar refractivity (Wildman–Crippen MR) is 243 cm³/mol. The van der Waals surface area contributed by atoms with Crippen LogP contribution in [0.1, 0.15) is 0 Å². The van der Waals surface area contributed by atoms with Crippen molar-refractivity contribution in [3.05, 3.63) is 200 Å². The first kappa shape index (κ1) is 31.4. The lowest BCUT2D eigenvalue weighted by atomic mass is 10.0. The second kappa shape index (κ2) is 11.8. The van der Waals surface area contributed by atoms with E-state index in [2.05, 4.69) is 202 Å². The van der Waals surface area contributed by atoms with E-state index in [-0.39, 0.29) is 0 Å². The molecule has 4 aromatic heterocycles. The summed E-state index contributed by atoms with van der Waals surface area (Å²) in [5.74, 6) is 0. The molecule has 0 aliphatic heterocycles. The second-order valence-electron chi connectivity index (χ2n) is 15.3. The maximum Gasteiger partial charge on any atom is 0.135 e. The van der Waals surface area contributed by atoms with Crippen molar-refractivity contribution in [3.63, 3.8) is 0 Å². The lowest BCUT2D eigenvalue weighted by molar-refractivity contribution is 0.669. The molecule has 0 fully saturated rings. The Labute approximate surface area is 333 Å². The highest BCUT2D eigenvalue weighted by Gasteiger charge is 2.23. The molecule has 58 heavy (non-hydrogen) atoms. The van der Waals surface area contributed by atoms with Crippen LogP contribution in [-0.4, -0.2) is 8.97 Å². The zero-order valence-electron chi connectivity index (χ0n) is 31.3. The molecule has 0 saturated carbocycles. The summed E-state index contributed by atoms with van der Waals surface area (Å²) in [5.41, 5.74) is 14.6. The zero-order chi connectivity index (χ0) is 37.9. The van der Waals surface area contributed by atoms with Gasteiger partial charge in [0.05, 0.1) is 39.0 Å². The molecule has 4 heterocycles. The monoisotopic (exact) mass is 739 g/mol. The Morgan fingerprint density at radius 3 is 1.66 bits per heavy atom. The topological polar surface area (TPSA) is 25.7 Å². The summed E-state index contributed by atoms with van der Waals surface area (Å²) in [5, 5.41) is 9.82. The molecule has 4 nitrogen and oxygen atoms in total. The molecule has 0 atom stereocenters. The highest BCUT2D eigenvalue weighted by atomic mass is 16.3. The number of anilines is 3. The zero-order valence-corrected chi connectivity index (χ0v) is 31.3. The summed E-state index contributed by atoms with van der Waals surface area (Å²) in [4.78, 5) is 2.40. The van der Waals surface area contributed by atoms with Crippen LogP contribution < -0.4 is 4.90 Å². The standard InChI is InChI=1S/C54H33N3O/c1-5-21-46-38(13-1)39-14-2-6-22-47(39)56(46)50-25-9-8-24-49(50)55(36-31-32-52-45(33-36)41-16-4-10-26-51(41)58-52)35-29-27-34(28-30-35)37-17-11-19-43-44-20-12-18-42-40-15-3-7-23-48(40)57(53(37)43)54(42)44/h1-33H. The first-order chi connectivity index (χ1) is 28.8. The molecule has 270 valence electrons. The molecule has 0 radical (unpaired) electrons. The third-order valence-electron chi connectivity index (χ3n) is 12.2. The van der Waals surface area contributed by atoms with Gasteiger partial charge in [-0.3, -0.25) is 0 Å². The van der Waals surface area contributed by atoms with E-state index in [1.54, 1.807) is 0 Å². The number of hydrogen-bond acceptors (Lipinski definition) is 2. The summed E-state index contributed by atoms with van der Waals surface area (Å²) < 4.78 is 11.2. The SMILES string of the molecule is c1ccc(-n2c3ccccc3c3ccccc32)c(N(c2ccc(-c3cccc4c5cccc6c7ccccc7n(c34)c65)cc2)c2ccc3oc4ccccc4c3c2)c1. The minimum absolute atomic E-state index is 0.876. The number of benzene rings is 9. The smallest absolute Gasteiger partial charge is 0.135 e. The van der Waals surface area contributed by atoms with Crippen LogP contribution in [0.3, 0.4) is 0 Å². The van der Waals surface area contributed by atoms with Gasteiger partial charge in [-0.15, -0.1) is 0 Å². The van der Waals surface area contributed by atoms with Crippen LogP contribution in [0.5, 0.6) is 0 Å². The molecular formula is C54H33N3O. The number of nitrogens with zero attached hydrogens (tertiary/aromatic N) is 3. The first-order valence-corrected chi connectivity index (χ1v) is 19.9. The largest absolute Gasteiger partial charge is 0.456 e. The maximum absolute atomic E-state index is 6.32. The summed E-state index contributed by atoms with van der Waals surface area (Å²) in [6.07, 6.45) is 0. The van der Waals surface area contributed by atoms with Crippen molar-refractivity contribution in [2.45, 2.75) is 0 Å². The molecule has 0 aliphatic carbocycles. The van der Waals surface area contributed by atoms with E-state index in [1.807, 2.05) is 12.1 Å². The molecule has 9 aromatic carbocycles. The highest BCUT2D eigenvalue weighted by molar-refractivity contribution is 6.25. The minimum atomic E-state index is 0.876. The molecule has 0 N–H and O–H groups in total. The fourth-order valence-corrected chi connectivity index (χ4v) is 9.80. The predicted octanol–water partition coefficient (Wildman–Crippen LogP) is 15.0. The van der Waals surface area contributed by atoms with Crippen LogP contribution in [0.25, 0.3) is 98.7 Å². The molecule has 13 rings (SSSR count). The van der Waals surface area contributed by atoms with Crippen molar-refractivity contribution >= 4 is 98.9 Å². The Hall–Kier alpha value is -7.82. The normalized spacial score (nSPS) is 12.1.